The van der Waals surface area contributed by atoms with Gasteiger partial charge in [-0.25, -0.2) is 4.79 Å². The van der Waals surface area contributed by atoms with E-state index in [4.69, 9.17) is 0 Å². The average molecular weight is 402 g/mol. The summed E-state index contributed by atoms with van der Waals surface area (Å²) in [5.74, 6) is -0.956. The van der Waals surface area contributed by atoms with E-state index in [1.54, 1.807) is 6.20 Å². The van der Waals surface area contributed by atoms with Crippen molar-refractivity contribution in [2.24, 2.45) is 0 Å². The average Bonchev–Trinajstić information content (AvgIpc) is 3.03. The number of likely N-dealkylation sites (N-methyl/N-ethyl adjacent to an activating group) is 1. The number of aryl methyl sites for hydroxylation is 2. The topological polar surface area (TPSA) is 77.5 Å². The van der Waals surface area contributed by atoms with Crippen molar-refractivity contribution in [1.82, 2.24) is 9.88 Å². The lowest BCUT2D eigenvalue weighted by molar-refractivity contribution is 0.0697. The van der Waals surface area contributed by atoms with Gasteiger partial charge in [-0.3, -0.25) is 9.88 Å². The summed E-state index contributed by atoms with van der Waals surface area (Å²) in [6, 6.07) is 14.6. The molecule has 0 bridgehead atoms. The predicted molar refractivity (Wildman–Crippen MR) is 120 cm³/mol. The molecule has 1 aromatic heterocycles. The Morgan fingerprint density at radius 1 is 1.17 bits per heavy atom. The first-order valence-corrected chi connectivity index (χ1v) is 10.0. The first-order valence-electron chi connectivity index (χ1n) is 10.0. The number of carboxylic acids is 1. The summed E-state index contributed by atoms with van der Waals surface area (Å²) in [5, 5.41) is 16.2. The van der Waals surface area contributed by atoms with Gasteiger partial charge in [0.15, 0.2) is 0 Å². The van der Waals surface area contributed by atoms with Crippen molar-refractivity contribution in [1.29, 1.82) is 0 Å². The highest BCUT2D eigenvalue weighted by Gasteiger charge is 2.27. The lowest BCUT2D eigenvalue weighted by atomic mass is 10.0. The summed E-state index contributed by atoms with van der Waals surface area (Å²) in [6.07, 6.45) is 3.06. The molecule has 0 spiro atoms. The summed E-state index contributed by atoms with van der Waals surface area (Å²) in [5.41, 5.74) is 7.98. The van der Waals surface area contributed by atoms with E-state index in [2.05, 4.69) is 77.8 Å². The maximum Gasteiger partial charge on any atom is 0.337 e. The lowest BCUT2D eigenvalue weighted by Crippen LogP contribution is -2.24. The summed E-state index contributed by atoms with van der Waals surface area (Å²) in [7, 11) is 2.09. The van der Waals surface area contributed by atoms with Crippen molar-refractivity contribution in [3.63, 3.8) is 0 Å². The predicted octanol–water partition coefficient (Wildman–Crippen LogP) is 4.74. The van der Waals surface area contributed by atoms with Crippen LogP contribution in [0.15, 0.2) is 54.9 Å². The van der Waals surface area contributed by atoms with Crippen molar-refractivity contribution < 1.29 is 9.90 Å². The van der Waals surface area contributed by atoms with Crippen LogP contribution in [0.5, 0.6) is 0 Å². The van der Waals surface area contributed by atoms with Gasteiger partial charge in [-0.15, -0.1) is 0 Å². The van der Waals surface area contributed by atoms with Crippen LogP contribution >= 0.6 is 0 Å². The third-order valence-electron chi connectivity index (χ3n) is 5.65. The zero-order chi connectivity index (χ0) is 21.3. The number of carboxylic acid groups (broad SMARTS) is 1. The van der Waals surface area contributed by atoms with Gasteiger partial charge in [0, 0.05) is 30.7 Å². The maximum absolute atomic E-state index is 11.4. The van der Waals surface area contributed by atoms with Crippen molar-refractivity contribution in [3.05, 3.63) is 82.7 Å². The fraction of sp³-hybridized carbons (Fsp3) is 0.250. The summed E-state index contributed by atoms with van der Waals surface area (Å²) in [4.78, 5) is 17.8. The minimum atomic E-state index is -0.956. The first kappa shape index (κ1) is 19.9. The van der Waals surface area contributed by atoms with Crippen molar-refractivity contribution in [2.75, 3.05) is 24.2 Å². The number of hydrogen-bond acceptors (Lipinski definition) is 5. The molecule has 2 aromatic carbocycles. The van der Waals surface area contributed by atoms with E-state index in [0.717, 1.165) is 17.9 Å². The molecule has 154 valence electrons. The van der Waals surface area contributed by atoms with Crippen LogP contribution in [0.2, 0.25) is 0 Å². The van der Waals surface area contributed by atoms with Crippen LogP contribution in [0, 0.1) is 13.8 Å². The van der Waals surface area contributed by atoms with Gasteiger partial charge in [0.05, 0.1) is 23.5 Å². The maximum atomic E-state index is 11.4. The molecular formula is C24H26N4O2. The van der Waals surface area contributed by atoms with E-state index in [0.29, 0.717) is 12.2 Å². The number of aromatic carboxylic acids is 1. The van der Waals surface area contributed by atoms with Crippen LogP contribution in [0.25, 0.3) is 0 Å². The molecule has 6 nitrogen and oxygen atoms in total. The minimum absolute atomic E-state index is 0.164. The van der Waals surface area contributed by atoms with Gasteiger partial charge >= 0.3 is 5.97 Å². The third-order valence-corrected chi connectivity index (χ3v) is 5.65. The van der Waals surface area contributed by atoms with Gasteiger partial charge in [0.1, 0.15) is 0 Å². The molecule has 0 saturated carbocycles. The second-order valence-electron chi connectivity index (χ2n) is 7.90. The molecule has 0 aliphatic carbocycles. The van der Waals surface area contributed by atoms with Gasteiger partial charge in [-0.1, -0.05) is 23.8 Å². The van der Waals surface area contributed by atoms with Gasteiger partial charge in [-0.2, -0.15) is 0 Å². The Labute approximate surface area is 176 Å². The zero-order valence-corrected chi connectivity index (χ0v) is 17.4. The Bertz CT molecular complexity index is 1100. The molecular weight excluding hydrogens is 376 g/mol. The van der Waals surface area contributed by atoms with Gasteiger partial charge in [0.2, 0.25) is 0 Å². The highest BCUT2D eigenvalue weighted by atomic mass is 16.4. The number of nitrogens with one attached hydrogen (secondary N) is 2. The normalized spacial score (nSPS) is 15.6. The van der Waals surface area contributed by atoms with Gasteiger partial charge in [0.25, 0.3) is 0 Å². The highest BCUT2D eigenvalue weighted by Crippen LogP contribution is 2.35. The van der Waals surface area contributed by atoms with E-state index >= 15 is 0 Å². The van der Waals surface area contributed by atoms with E-state index in [1.807, 2.05) is 0 Å². The quantitative estimate of drug-likeness (QED) is 0.553. The van der Waals surface area contributed by atoms with E-state index in [9.17, 15) is 9.90 Å². The fourth-order valence-corrected chi connectivity index (χ4v) is 4.07. The standard InChI is InChI=1S/C24H26N4O2/c1-15-4-7-21(16(2)10-15)27-18-5-6-19-17(11-18)14-28(3)23(19)13-26-22-12-25-9-8-20(22)24(29)30/h4-12,23,26-27H,13-14H2,1-3H3,(H,29,30)/t23-/m0/s1. The molecule has 1 atom stereocenters. The Hall–Kier alpha value is -3.38. The molecule has 30 heavy (non-hydrogen) atoms. The van der Waals surface area contributed by atoms with Crippen molar-refractivity contribution in [3.8, 4) is 0 Å². The SMILES string of the molecule is Cc1ccc(Nc2ccc3c(c2)CN(C)[C@H]3CNc2cnccc2C(=O)O)c(C)c1. The summed E-state index contributed by atoms with van der Waals surface area (Å²) < 4.78 is 0. The molecule has 0 radical (unpaired) electrons. The smallest absolute Gasteiger partial charge is 0.337 e. The number of nitrogens with zero attached hydrogens (tertiary/aromatic N) is 2. The molecule has 4 rings (SSSR count). The largest absolute Gasteiger partial charge is 0.478 e. The van der Waals surface area contributed by atoms with Gasteiger partial charge in [-0.05, 0) is 61.9 Å². The van der Waals surface area contributed by atoms with E-state index in [-0.39, 0.29) is 11.6 Å². The Morgan fingerprint density at radius 2 is 2.00 bits per heavy atom. The highest BCUT2D eigenvalue weighted by molar-refractivity contribution is 5.93. The third kappa shape index (κ3) is 4.00. The Morgan fingerprint density at radius 3 is 2.77 bits per heavy atom. The number of anilines is 3. The molecule has 1 aliphatic heterocycles. The molecule has 3 N–H and O–H groups in total. The number of fused-ring (bicyclic) bond motifs is 1. The zero-order valence-electron chi connectivity index (χ0n) is 17.4. The molecule has 0 saturated heterocycles. The van der Waals surface area contributed by atoms with Crippen molar-refractivity contribution >= 4 is 23.0 Å². The fourth-order valence-electron chi connectivity index (χ4n) is 4.07. The van der Waals surface area contributed by atoms with Crippen LogP contribution in [0.1, 0.15) is 38.7 Å². The summed E-state index contributed by atoms with van der Waals surface area (Å²) >= 11 is 0. The number of carbonyl (C=O) groups is 1. The monoisotopic (exact) mass is 402 g/mol. The molecule has 0 unspecified atom stereocenters. The molecule has 3 aromatic rings. The Kier molecular flexibility index (Phi) is 5.42. The van der Waals surface area contributed by atoms with Crippen molar-refractivity contribution in [2.45, 2.75) is 26.4 Å². The second kappa shape index (κ2) is 8.16. The number of rotatable bonds is 6. The minimum Gasteiger partial charge on any atom is -0.478 e. The van der Waals surface area contributed by atoms with E-state index in [1.165, 1.54) is 34.5 Å². The van der Waals surface area contributed by atoms with Crippen LogP contribution in [-0.2, 0) is 6.54 Å². The first-order chi connectivity index (χ1) is 14.4. The Balaban J connectivity index is 1.51. The number of hydrogen-bond donors (Lipinski definition) is 3. The van der Waals surface area contributed by atoms with Crippen LogP contribution in [0.3, 0.4) is 0 Å². The summed E-state index contributed by atoms with van der Waals surface area (Å²) in [6.45, 7) is 5.67. The molecule has 6 heteroatoms. The lowest BCUT2D eigenvalue weighted by Gasteiger charge is -2.22. The number of pyridine rings is 1. The molecule has 1 aliphatic rings. The molecule has 2 heterocycles. The van der Waals surface area contributed by atoms with Gasteiger partial charge < -0.3 is 15.7 Å². The number of aromatic nitrogens is 1. The van der Waals surface area contributed by atoms with Crippen LogP contribution < -0.4 is 10.6 Å². The number of benzene rings is 2. The molecule has 0 fully saturated rings. The second-order valence-corrected chi connectivity index (χ2v) is 7.90. The van der Waals surface area contributed by atoms with E-state index < -0.39 is 5.97 Å². The van der Waals surface area contributed by atoms with Crippen LogP contribution in [0.4, 0.5) is 17.1 Å². The van der Waals surface area contributed by atoms with Crippen LogP contribution in [-0.4, -0.2) is 34.6 Å². The molecule has 0 amide bonds.